The number of halogens is 4. The van der Waals surface area contributed by atoms with Crippen molar-refractivity contribution in [1.29, 1.82) is 0 Å². The highest BCUT2D eigenvalue weighted by molar-refractivity contribution is 6.33. The van der Waals surface area contributed by atoms with Crippen molar-refractivity contribution in [3.05, 3.63) is 52.1 Å². The highest BCUT2D eigenvalue weighted by Crippen LogP contribution is 2.43. The molecule has 2 heterocycles. The van der Waals surface area contributed by atoms with E-state index in [0.29, 0.717) is 5.56 Å². The Bertz CT molecular complexity index is 960. The third kappa shape index (κ3) is 3.64. The van der Waals surface area contributed by atoms with Crippen LogP contribution in [0.4, 0.5) is 13.2 Å². The summed E-state index contributed by atoms with van der Waals surface area (Å²) in [5.74, 6) is -4.98. The van der Waals surface area contributed by atoms with Crippen LogP contribution >= 0.6 is 11.6 Å². The number of amidine groups is 1. The summed E-state index contributed by atoms with van der Waals surface area (Å²) in [5.41, 5.74) is 3.34. The predicted octanol–water partition coefficient (Wildman–Crippen LogP) is 2.88. The van der Waals surface area contributed by atoms with E-state index in [-0.39, 0.29) is 35.1 Å². The number of rotatable bonds is 4. The Kier molecular flexibility index (Phi) is 5.24. The fourth-order valence-electron chi connectivity index (χ4n) is 3.06. The molecule has 0 unspecified atom stereocenters. The second kappa shape index (κ2) is 7.21. The van der Waals surface area contributed by atoms with Gasteiger partial charge in [-0.15, -0.1) is 0 Å². The van der Waals surface area contributed by atoms with Crippen molar-refractivity contribution in [1.82, 2.24) is 9.78 Å². The summed E-state index contributed by atoms with van der Waals surface area (Å²) in [4.78, 5) is 16.3. The van der Waals surface area contributed by atoms with Crippen molar-refractivity contribution in [3.63, 3.8) is 0 Å². The molecule has 1 aromatic carbocycles. The first-order valence-electron chi connectivity index (χ1n) is 8.34. The van der Waals surface area contributed by atoms with Crippen LogP contribution < -0.4 is 5.73 Å². The lowest BCUT2D eigenvalue weighted by Crippen LogP contribution is -2.45. The summed E-state index contributed by atoms with van der Waals surface area (Å²) in [6.07, 6.45) is 1.27. The van der Waals surface area contributed by atoms with Crippen molar-refractivity contribution in [3.8, 4) is 0 Å². The molecule has 0 aliphatic carbocycles. The van der Waals surface area contributed by atoms with Gasteiger partial charge in [0, 0.05) is 25.2 Å². The second-order valence-electron chi connectivity index (χ2n) is 6.79. The minimum Gasteiger partial charge on any atom is -0.385 e. The summed E-state index contributed by atoms with van der Waals surface area (Å²) >= 11 is 5.97. The summed E-state index contributed by atoms with van der Waals surface area (Å²) in [6, 6.07) is 3.56. The molecule has 3 rings (SSSR count). The molecule has 0 radical (unpaired) electrons. The van der Waals surface area contributed by atoms with E-state index < -0.39 is 29.7 Å². The summed E-state index contributed by atoms with van der Waals surface area (Å²) in [6.45, 7) is -0.142. The Labute approximate surface area is 164 Å². The second-order valence-corrected chi connectivity index (χ2v) is 7.19. The number of nitrogens with two attached hydrogens (primary N) is 1. The van der Waals surface area contributed by atoms with Gasteiger partial charge < -0.3 is 10.5 Å². The number of carbonyl (C=O) groups excluding carboxylic acids is 1. The zero-order valence-corrected chi connectivity index (χ0v) is 15.9. The average molecular weight is 415 g/mol. The van der Waals surface area contributed by atoms with E-state index >= 15 is 0 Å². The molecule has 1 aromatic heterocycles. The van der Waals surface area contributed by atoms with E-state index in [1.165, 1.54) is 23.0 Å². The number of Topliss-reactive ketones (excluding diaryl/α,β-unsaturated/α-hetero) is 1. The standard InChI is InChI=1S/C18H18ClF3N4O2/c1-17(18(21,22)9-28-8-15(23)24-17)11-5-10(3-4-13(11)20)6-14(27)16-12(19)7-26(2)25-16/h3-5,7H,6,8-9H2,1-2H3,(H2,23,24)/t17-/m1/s1. The summed E-state index contributed by atoms with van der Waals surface area (Å²) < 4.78 is 50.2. The summed E-state index contributed by atoms with van der Waals surface area (Å²) in [7, 11) is 1.61. The van der Waals surface area contributed by atoms with Gasteiger partial charge in [-0.05, 0) is 24.6 Å². The SMILES string of the molecule is Cn1cc(Cl)c(C(=O)Cc2ccc(F)c([C@@]3(C)N=C(N)COCC3(F)F)c2)n1. The highest BCUT2D eigenvalue weighted by Gasteiger charge is 2.54. The van der Waals surface area contributed by atoms with Crippen molar-refractivity contribution in [2.75, 3.05) is 13.2 Å². The molecule has 6 nitrogen and oxygen atoms in total. The number of carbonyl (C=O) groups is 1. The molecule has 0 saturated heterocycles. The number of aliphatic imine (C=N–C) groups is 1. The number of aryl methyl sites for hydroxylation is 1. The number of ether oxygens (including phenoxy) is 1. The third-order valence-corrected chi connectivity index (χ3v) is 4.86. The van der Waals surface area contributed by atoms with Crippen molar-refractivity contribution in [2.45, 2.75) is 24.8 Å². The fraction of sp³-hybridized carbons (Fsp3) is 0.389. The fourth-order valence-corrected chi connectivity index (χ4v) is 3.34. The monoisotopic (exact) mass is 414 g/mol. The van der Waals surface area contributed by atoms with E-state index in [4.69, 9.17) is 22.1 Å². The van der Waals surface area contributed by atoms with Crippen LogP contribution in [0.3, 0.4) is 0 Å². The minimum atomic E-state index is -3.51. The molecule has 1 aliphatic rings. The molecule has 0 spiro atoms. The predicted molar refractivity (Wildman–Crippen MR) is 97.4 cm³/mol. The molecule has 150 valence electrons. The van der Waals surface area contributed by atoms with E-state index in [9.17, 15) is 18.0 Å². The molecule has 2 N–H and O–H groups in total. The molecule has 0 bridgehead atoms. The Morgan fingerprint density at radius 1 is 1.43 bits per heavy atom. The maximum absolute atomic E-state index is 14.7. The minimum absolute atomic E-state index is 0.0525. The van der Waals surface area contributed by atoms with Crippen molar-refractivity contribution in [2.24, 2.45) is 17.8 Å². The van der Waals surface area contributed by atoms with Gasteiger partial charge in [-0.2, -0.15) is 5.10 Å². The van der Waals surface area contributed by atoms with Crippen molar-refractivity contribution < 1.29 is 22.7 Å². The van der Waals surface area contributed by atoms with E-state index in [1.54, 1.807) is 7.05 Å². The molecule has 0 amide bonds. The number of aromatic nitrogens is 2. The normalized spacial score (nSPS) is 21.9. The first-order chi connectivity index (χ1) is 13.0. The number of nitrogens with zero attached hydrogens (tertiary/aromatic N) is 3. The largest absolute Gasteiger partial charge is 0.385 e. The Morgan fingerprint density at radius 2 is 2.14 bits per heavy atom. The van der Waals surface area contributed by atoms with E-state index in [1.807, 2.05) is 0 Å². The van der Waals surface area contributed by atoms with Gasteiger partial charge >= 0.3 is 0 Å². The zero-order chi connectivity index (χ0) is 20.7. The van der Waals surface area contributed by atoms with Crippen LogP contribution in [0.5, 0.6) is 0 Å². The van der Waals surface area contributed by atoms with Gasteiger partial charge in [0.05, 0.1) is 5.02 Å². The van der Waals surface area contributed by atoms with Gasteiger partial charge in [0.1, 0.15) is 30.6 Å². The lowest BCUT2D eigenvalue weighted by Gasteiger charge is -2.33. The van der Waals surface area contributed by atoms with E-state index in [0.717, 1.165) is 13.0 Å². The number of hydrogen-bond acceptors (Lipinski definition) is 5. The Balaban J connectivity index is 2.00. The first-order valence-corrected chi connectivity index (χ1v) is 8.72. The third-order valence-electron chi connectivity index (χ3n) is 4.58. The average Bonchev–Trinajstić information content (AvgIpc) is 2.89. The molecule has 1 aliphatic heterocycles. The lowest BCUT2D eigenvalue weighted by atomic mass is 9.84. The van der Waals surface area contributed by atoms with Gasteiger partial charge in [-0.1, -0.05) is 17.7 Å². The molecule has 0 saturated carbocycles. The first kappa shape index (κ1) is 20.3. The van der Waals surface area contributed by atoms with E-state index in [2.05, 4.69) is 10.1 Å². The summed E-state index contributed by atoms with van der Waals surface area (Å²) in [5, 5.41) is 4.15. The van der Waals surface area contributed by atoms with Gasteiger partial charge in [-0.3, -0.25) is 14.5 Å². The van der Waals surface area contributed by atoms with Crippen LogP contribution in [0.2, 0.25) is 5.02 Å². The maximum Gasteiger partial charge on any atom is 0.299 e. The quantitative estimate of drug-likeness (QED) is 0.780. The number of benzene rings is 1. The number of hydrogen-bond donors (Lipinski definition) is 1. The van der Waals surface area contributed by atoms with Crippen LogP contribution in [-0.2, 0) is 23.7 Å². The molecule has 0 fully saturated rings. The molecule has 28 heavy (non-hydrogen) atoms. The topological polar surface area (TPSA) is 82.5 Å². The smallest absolute Gasteiger partial charge is 0.299 e. The molecule has 10 heteroatoms. The van der Waals surface area contributed by atoms with Gasteiger partial charge in [0.15, 0.2) is 11.3 Å². The molecular formula is C18H18ClF3N4O2. The van der Waals surface area contributed by atoms with Crippen molar-refractivity contribution >= 4 is 23.2 Å². The van der Waals surface area contributed by atoms with Crippen LogP contribution in [0, 0.1) is 5.82 Å². The Hall–Kier alpha value is -2.39. The van der Waals surface area contributed by atoms with Crippen LogP contribution in [0.1, 0.15) is 28.5 Å². The molecule has 1 atom stereocenters. The molecule has 2 aromatic rings. The zero-order valence-electron chi connectivity index (χ0n) is 15.2. The van der Waals surface area contributed by atoms with Crippen LogP contribution in [0.15, 0.2) is 29.4 Å². The highest BCUT2D eigenvalue weighted by atomic mass is 35.5. The number of ketones is 1. The van der Waals surface area contributed by atoms with Crippen LogP contribution in [-0.4, -0.2) is 40.5 Å². The van der Waals surface area contributed by atoms with Gasteiger partial charge in [-0.25, -0.2) is 13.2 Å². The molecular weight excluding hydrogens is 397 g/mol. The Morgan fingerprint density at radius 3 is 2.79 bits per heavy atom. The van der Waals surface area contributed by atoms with Crippen LogP contribution in [0.25, 0.3) is 0 Å². The maximum atomic E-state index is 14.7. The van der Waals surface area contributed by atoms with Gasteiger partial charge in [0.2, 0.25) is 0 Å². The van der Waals surface area contributed by atoms with Gasteiger partial charge in [0.25, 0.3) is 5.92 Å². The lowest BCUT2D eigenvalue weighted by molar-refractivity contribution is -0.116. The number of alkyl halides is 2.